The highest BCUT2D eigenvalue weighted by Crippen LogP contribution is 2.30. The Morgan fingerprint density at radius 1 is 1.33 bits per heavy atom. The molecule has 0 saturated heterocycles. The molecule has 0 aromatic heterocycles. The molecule has 0 unspecified atom stereocenters. The Morgan fingerprint density at radius 3 is 2.47 bits per heavy atom. The third-order valence-corrected chi connectivity index (χ3v) is 3.71. The molecule has 1 nitrogen and oxygen atoms in total. The quantitative estimate of drug-likeness (QED) is 0.785. The lowest BCUT2D eigenvalue weighted by Gasteiger charge is -2.24. The summed E-state index contributed by atoms with van der Waals surface area (Å²) in [6.45, 7) is 6.73. The number of rotatable bonds is 4. The van der Waals surface area contributed by atoms with Crippen molar-refractivity contribution in [3.8, 4) is 0 Å². The molecular formula is C13H21NS. The van der Waals surface area contributed by atoms with Gasteiger partial charge in [-0.15, -0.1) is 0 Å². The summed E-state index contributed by atoms with van der Waals surface area (Å²) in [5.74, 6) is 0.999. The number of anilines is 1. The van der Waals surface area contributed by atoms with Gasteiger partial charge in [-0.2, -0.15) is 11.8 Å². The van der Waals surface area contributed by atoms with E-state index in [2.05, 4.69) is 45.2 Å². The van der Waals surface area contributed by atoms with Gasteiger partial charge in [-0.1, -0.05) is 32.9 Å². The summed E-state index contributed by atoms with van der Waals surface area (Å²) < 4.78 is 0. The molecule has 0 atom stereocenters. The van der Waals surface area contributed by atoms with Gasteiger partial charge in [0.1, 0.15) is 0 Å². The molecule has 0 aliphatic carbocycles. The van der Waals surface area contributed by atoms with E-state index in [1.54, 1.807) is 0 Å². The Labute approximate surface area is 97.4 Å². The maximum Gasteiger partial charge on any atom is 0.0358 e. The molecule has 1 rings (SSSR count). The first-order chi connectivity index (χ1) is 7.01. The summed E-state index contributed by atoms with van der Waals surface area (Å²) >= 11 is 1.81. The smallest absolute Gasteiger partial charge is 0.0358 e. The van der Waals surface area contributed by atoms with Crippen LogP contribution in [0, 0.1) is 0 Å². The predicted molar refractivity (Wildman–Crippen MR) is 71.4 cm³/mol. The predicted octanol–water partition coefficient (Wildman–Crippen LogP) is 3.82. The summed E-state index contributed by atoms with van der Waals surface area (Å²) in [7, 11) is 0. The zero-order valence-corrected chi connectivity index (χ0v) is 10.9. The number of nitrogens with two attached hydrogens (primary N) is 1. The molecule has 0 saturated carbocycles. The Morgan fingerprint density at radius 2 is 2.00 bits per heavy atom. The molecule has 15 heavy (non-hydrogen) atoms. The average Bonchev–Trinajstić information content (AvgIpc) is 2.21. The number of thioether (sulfide) groups is 1. The fourth-order valence-electron chi connectivity index (χ4n) is 1.51. The fourth-order valence-corrected chi connectivity index (χ4v) is 2.08. The van der Waals surface area contributed by atoms with Crippen molar-refractivity contribution >= 4 is 17.4 Å². The highest BCUT2D eigenvalue weighted by atomic mass is 32.2. The Kier molecular flexibility index (Phi) is 4.09. The molecular weight excluding hydrogens is 202 g/mol. The van der Waals surface area contributed by atoms with Gasteiger partial charge < -0.3 is 5.73 Å². The van der Waals surface area contributed by atoms with E-state index in [0.717, 1.165) is 17.9 Å². The molecule has 0 radical (unpaired) electrons. The van der Waals surface area contributed by atoms with E-state index in [0.29, 0.717) is 0 Å². The van der Waals surface area contributed by atoms with Gasteiger partial charge >= 0.3 is 0 Å². The largest absolute Gasteiger partial charge is 0.398 e. The molecule has 0 heterocycles. The van der Waals surface area contributed by atoms with Crippen LogP contribution in [-0.4, -0.2) is 6.26 Å². The molecule has 0 aliphatic rings. The highest BCUT2D eigenvalue weighted by Gasteiger charge is 2.18. The minimum absolute atomic E-state index is 0.228. The number of nitrogen functional groups attached to an aromatic ring is 1. The first-order valence-corrected chi connectivity index (χ1v) is 6.78. The zero-order valence-electron chi connectivity index (χ0n) is 10.1. The van der Waals surface area contributed by atoms with Gasteiger partial charge in [0.05, 0.1) is 0 Å². The van der Waals surface area contributed by atoms with Gasteiger partial charge in [-0.05, 0) is 35.3 Å². The van der Waals surface area contributed by atoms with Crippen molar-refractivity contribution in [2.45, 2.75) is 38.4 Å². The van der Waals surface area contributed by atoms with Crippen LogP contribution in [-0.2, 0) is 11.2 Å². The summed E-state index contributed by atoms with van der Waals surface area (Å²) in [5, 5.41) is 0. The Hall–Kier alpha value is -0.630. The van der Waals surface area contributed by atoms with Crippen molar-refractivity contribution in [1.82, 2.24) is 0 Å². The van der Waals surface area contributed by atoms with E-state index in [4.69, 9.17) is 5.73 Å². The topological polar surface area (TPSA) is 26.0 Å². The maximum atomic E-state index is 6.05. The first-order valence-electron chi connectivity index (χ1n) is 5.39. The minimum atomic E-state index is 0.228. The summed E-state index contributed by atoms with van der Waals surface area (Å²) in [6.07, 6.45) is 3.23. The van der Waals surface area contributed by atoms with E-state index >= 15 is 0 Å². The van der Waals surface area contributed by atoms with E-state index in [1.165, 1.54) is 11.1 Å². The van der Waals surface area contributed by atoms with Crippen molar-refractivity contribution in [2.24, 2.45) is 0 Å². The van der Waals surface area contributed by atoms with Crippen LogP contribution in [0.25, 0.3) is 0 Å². The second-order valence-electron chi connectivity index (χ2n) is 4.58. The van der Waals surface area contributed by atoms with Crippen molar-refractivity contribution in [3.05, 3.63) is 29.3 Å². The van der Waals surface area contributed by atoms with Crippen molar-refractivity contribution < 1.29 is 0 Å². The molecule has 0 aliphatic heterocycles. The van der Waals surface area contributed by atoms with E-state index < -0.39 is 0 Å². The lowest BCUT2D eigenvalue weighted by Crippen LogP contribution is -2.15. The monoisotopic (exact) mass is 223 g/mol. The van der Waals surface area contributed by atoms with Gasteiger partial charge in [0.15, 0.2) is 0 Å². The van der Waals surface area contributed by atoms with Crippen LogP contribution < -0.4 is 5.73 Å². The molecule has 2 heteroatoms. The van der Waals surface area contributed by atoms with Crippen LogP contribution in [0.1, 0.15) is 38.3 Å². The standard InChI is InChI=1S/C13H21NS/c1-5-13(2,3)11-7-6-10(9-15-4)12(14)8-11/h6-8H,5,9,14H2,1-4H3. The maximum absolute atomic E-state index is 6.05. The number of benzene rings is 1. The number of hydrogen-bond acceptors (Lipinski definition) is 2. The molecule has 0 amide bonds. The van der Waals surface area contributed by atoms with E-state index in [9.17, 15) is 0 Å². The molecule has 0 fully saturated rings. The molecule has 2 N–H and O–H groups in total. The summed E-state index contributed by atoms with van der Waals surface area (Å²) in [6, 6.07) is 6.51. The first kappa shape index (κ1) is 12.4. The summed E-state index contributed by atoms with van der Waals surface area (Å²) in [4.78, 5) is 0. The van der Waals surface area contributed by atoms with Crippen LogP contribution in [0.3, 0.4) is 0 Å². The minimum Gasteiger partial charge on any atom is -0.398 e. The van der Waals surface area contributed by atoms with Crippen LogP contribution in [0.4, 0.5) is 5.69 Å². The lowest BCUT2D eigenvalue weighted by molar-refractivity contribution is 0.506. The van der Waals surface area contributed by atoms with Gasteiger partial charge in [-0.3, -0.25) is 0 Å². The normalized spacial score (nSPS) is 11.7. The lowest BCUT2D eigenvalue weighted by atomic mass is 9.82. The SMILES string of the molecule is CCC(C)(C)c1ccc(CSC)c(N)c1. The zero-order chi connectivity index (χ0) is 11.5. The van der Waals surface area contributed by atoms with Crippen molar-refractivity contribution in [1.29, 1.82) is 0 Å². The van der Waals surface area contributed by atoms with E-state index in [-0.39, 0.29) is 5.41 Å². The van der Waals surface area contributed by atoms with Crippen LogP contribution in [0.5, 0.6) is 0 Å². The second kappa shape index (κ2) is 4.93. The van der Waals surface area contributed by atoms with Gasteiger partial charge in [0, 0.05) is 11.4 Å². The van der Waals surface area contributed by atoms with Crippen LogP contribution in [0.2, 0.25) is 0 Å². The molecule has 1 aromatic rings. The Bertz CT molecular complexity index is 331. The van der Waals surface area contributed by atoms with Crippen molar-refractivity contribution in [2.75, 3.05) is 12.0 Å². The van der Waals surface area contributed by atoms with Gasteiger partial charge in [0.2, 0.25) is 0 Å². The van der Waals surface area contributed by atoms with Crippen LogP contribution in [0.15, 0.2) is 18.2 Å². The molecule has 0 spiro atoms. The second-order valence-corrected chi connectivity index (χ2v) is 5.45. The molecule has 0 bridgehead atoms. The van der Waals surface area contributed by atoms with Gasteiger partial charge in [0.25, 0.3) is 0 Å². The van der Waals surface area contributed by atoms with Crippen molar-refractivity contribution in [3.63, 3.8) is 0 Å². The third-order valence-electron chi connectivity index (χ3n) is 3.11. The van der Waals surface area contributed by atoms with E-state index in [1.807, 2.05) is 11.8 Å². The third kappa shape index (κ3) is 2.91. The average molecular weight is 223 g/mol. The molecule has 84 valence electrons. The van der Waals surface area contributed by atoms with Gasteiger partial charge in [-0.25, -0.2) is 0 Å². The van der Waals surface area contributed by atoms with Crippen LogP contribution >= 0.6 is 11.8 Å². The fraction of sp³-hybridized carbons (Fsp3) is 0.538. The molecule has 1 aromatic carbocycles. The summed E-state index contributed by atoms with van der Waals surface area (Å²) in [5.41, 5.74) is 9.80. The number of hydrogen-bond donors (Lipinski definition) is 1. The highest BCUT2D eigenvalue weighted by molar-refractivity contribution is 7.97. The Balaban J connectivity index is 3.01.